The van der Waals surface area contributed by atoms with Gasteiger partial charge in [-0.3, -0.25) is 14.4 Å². The number of carbonyl (C=O) groups is 2. The highest BCUT2D eigenvalue weighted by atomic mass is 35.5. The summed E-state index contributed by atoms with van der Waals surface area (Å²) in [5.41, 5.74) is 0.462. The molecule has 0 amide bonds. The zero-order chi connectivity index (χ0) is 16.4. The molecule has 0 fully saturated rings. The Bertz CT molecular complexity index is 792. The van der Waals surface area contributed by atoms with Crippen LogP contribution < -0.4 is 5.43 Å². The van der Waals surface area contributed by atoms with E-state index in [0.717, 1.165) is 20.1 Å². The highest BCUT2D eigenvalue weighted by molar-refractivity contribution is 6.31. The van der Waals surface area contributed by atoms with E-state index in [2.05, 4.69) is 0 Å². The van der Waals surface area contributed by atoms with Gasteiger partial charge < -0.3 is 13.9 Å². The lowest BCUT2D eigenvalue weighted by Gasteiger charge is -2.16. The smallest absolute Gasteiger partial charge is 0.305 e. The Balaban J connectivity index is 2.63. The van der Waals surface area contributed by atoms with E-state index in [1.165, 1.54) is 6.07 Å². The average molecular weight is 325 g/mol. The quantitative estimate of drug-likeness (QED) is 0.637. The topological polar surface area (TPSA) is 82.8 Å². The summed E-state index contributed by atoms with van der Waals surface area (Å²) >= 11 is 5.95. The van der Waals surface area contributed by atoms with Gasteiger partial charge in [0.15, 0.2) is 0 Å². The Morgan fingerprint density at radius 3 is 2.32 bits per heavy atom. The van der Waals surface area contributed by atoms with Crippen molar-refractivity contribution in [2.75, 3.05) is 0 Å². The molecular weight excluding hydrogens is 312 g/mol. The molecule has 0 saturated heterocycles. The van der Waals surface area contributed by atoms with Gasteiger partial charge >= 0.3 is 11.9 Å². The molecule has 1 aromatic carbocycles. The second-order valence-electron chi connectivity index (χ2n) is 4.67. The van der Waals surface area contributed by atoms with Crippen LogP contribution in [0.3, 0.4) is 0 Å². The fourth-order valence-corrected chi connectivity index (χ4v) is 2.27. The van der Waals surface area contributed by atoms with Crippen molar-refractivity contribution < 1.29 is 23.5 Å². The van der Waals surface area contributed by atoms with Crippen molar-refractivity contribution in [3.8, 4) is 0 Å². The number of aryl methyl sites for hydroxylation is 1. The first-order valence-electron chi connectivity index (χ1n) is 6.35. The number of hydrogen-bond acceptors (Lipinski definition) is 6. The Labute approximate surface area is 130 Å². The highest BCUT2D eigenvalue weighted by Crippen LogP contribution is 2.24. The molecule has 0 unspecified atom stereocenters. The van der Waals surface area contributed by atoms with Crippen molar-refractivity contribution in [2.24, 2.45) is 0 Å². The molecular formula is C15H13ClO6. The number of fused-ring (bicyclic) bond motifs is 1. The normalized spacial score (nSPS) is 10.8. The van der Waals surface area contributed by atoms with E-state index in [0.29, 0.717) is 16.2 Å². The lowest BCUT2D eigenvalue weighted by atomic mass is 10.1. The molecule has 7 heteroatoms. The molecule has 2 rings (SSSR count). The number of halogens is 1. The molecule has 1 aromatic heterocycles. The van der Waals surface area contributed by atoms with Gasteiger partial charge in [-0.05, 0) is 24.6 Å². The van der Waals surface area contributed by atoms with Crippen LogP contribution in [0.2, 0.25) is 5.02 Å². The summed E-state index contributed by atoms with van der Waals surface area (Å²) in [6, 6.07) is 3.10. The van der Waals surface area contributed by atoms with Gasteiger partial charge in [-0.25, -0.2) is 0 Å². The van der Waals surface area contributed by atoms with Crippen LogP contribution in [-0.4, -0.2) is 11.9 Å². The van der Waals surface area contributed by atoms with Gasteiger partial charge in [0.1, 0.15) is 17.4 Å². The molecule has 6 nitrogen and oxygen atoms in total. The standard InChI is InChI=1S/C15H13ClO6/c1-7-4-10(16)5-11-13(19)12(6-20-14(7)11)15(21-8(2)17)22-9(3)18/h4-6,15H,1-3H3. The maximum Gasteiger partial charge on any atom is 0.305 e. The first-order valence-corrected chi connectivity index (χ1v) is 6.73. The first-order chi connectivity index (χ1) is 10.3. The fraction of sp³-hybridized carbons (Fsp3) is 0.267. The van der Waals surface area contributed by atoms with E-state index in [-0.39, 0.29) is 10.9 Å². The summed E-state index contributed by atoms with van der Waals surface area (Å²) in [6.07, 6.45) is -0.350. The molecule has 0 atom stereocenters. The SMILES string of the molecule is CC(=O)OC(OC(C)=O)c1coc2c(C)cc(Cl)cc2c1=O. The summed E-state index contributed by atoms with van der Waals surface area (Å²) in [5, 5.41) is 0.581. The van der Waals surface area contributed by atoms with Crippen LogP contribution in [0.25, 0.3) is 11.0 Å². The van der Waals surface area contributed by atoms with Crippen LogP contribution in [0, 0.1) is 6.92 Å². The minimum absolute atomic E-state index is 0.0976. The predicted octanol–water partition coefficient (Wildman–Crippen LogP) is 2.88. The van der Waals surface area contributed by atoms with Crippen LogP contribution in [0.5, 0.6) is 0 Å². The van der Waals surface area contributed by atoms with Gasteiger partial charge in [0.2, 0.25) is 5.43 Å². The molecule has 0 spiro atoms. The third kappa shape index (κ3) is 3.28. The van der Waals surface area contributed by atoms with E-state index < -0.39 is 23.7 Å². The number of benzene rings is 1. The van der Waals surface area contributed by atoms with Crippen LogP contribution in [0.1, 0.15) is 31.3 Å². The predicted molar refractivity (Wildman–Crippen MR) is 78.5 cm³/mol. The lowest BCUT2D eigenvalue weighted by Crippen LogP contribution is -2.21. The minimum Gasteiger partial charge on any atom is -0.463 e. The molecule has 0 aliphatic rings. The number of esters is 2. The van der Waals surface area contributed by atoms with Crippen molar-refractivity contribution in [1.82, 2.24) is 0 Å². The molecule has 0 bridgehead atoms. The highest BCUT2D eigenvalue weighted by Gasteiger charge is 2.24. The molecule has 1 heterocycles. The van der Waals surface area contributed by atoms with Gasteiger partial charge in [0.05, 0.1) is 5.39 Å². The maximum atomic E-state index is 12.5. The summed E-state index contributed by atoms with van der Waals surface area (Å²) < 4.78 is 15.1. The van der Waals surface area contributed by atoms with E-state index in [1.54, 1.807) is 13.0 Å². The molecule has 0 aliphatic heterocycles. The van der Waals surface area contributed by atoms with Crippen molar-refractivity contribution in [1.29, 1.82) is 0 Å². The fourth-order valence-electron chi connectivity index (χ4n) is 2.00. The summed E-state index contributed by atoms with van der Waals surface area (Å²) in [4.78, 5) is 34.8. The lowest BCUT2D eigenvalue weighted by molar-refractivity contribution is -0.186. The Kier molecular flexibility index (Phi) is 4.51. The number of rotatable bonds is 3. The molecule has 0 N–H and O–H groups in total. The zero-order valence-corrected chi connectivity index (χ0v) is 12.9. The first kappa shape index (κ1) is 16.0. The minimum atomic E-state index is -1.46. The van der Waals surface area contributed by atoms with E-state index in [9.17, 15) is 14.4 Å². The molecule has 2 aromatic rings. The van der Waals surface area contributed by atoms with Crippen LogP contribution in [0.4, 0.5) is 0 Å². The zero-order valence-electron chi connectivity index (χ0n) is 12.1. The molecule has 22 heavy (non-hydrogen) atoms. The van der Waals surface area contributed by atoms with Gasteiger partial charge in [0, 0.05) is 18.9 Å². The van der Waals surface area contributed by atoms with Gasteiger partial charge in [-0.1, -0.05) is 11.6 Å². The van der Waals surface area contributed by atoms with Crippen LogP contribution in [0.15, 0.2) is 27.6 Å². The van der Waals surface area contributed by atoms with Crippen molar-refractivity contribution in [2.45, 2.75) is 27.1 Å². The monoisotopic (exact) mass is 324 g/mol. The average Bonchev–Trinajstić information content (AvgIpc) is 2.38. The Morgan fingerprint density at radius 1 is 1.18 bits per heavy atom. The Morgan fingerprint density at radius 2 is 1.77 bits per heavy atom. The number of hydrogen-bond donors (Lipinski definition) is 0. The third-order valence-electron chi connectivity index (χ3n) is 2.85. The van der Waals surface area contributed by atoms with E-state index >= 15 is 0 Å². The maximum absolute atomic E-state index is 12.5. The van der Waals surface area contributed by atoms with E-state index in [1.807, 2.05) is 0 Å². The molecule has 0 saturated carbocycles. The van der Waals surface area contributed by atoms with Crippen molar-refractivity contribution in [3.63, 3.8) is 0 Å². The molecule has 0 aliphatic carbocycles. The largest absolute Gasteiger partial charge is 0.463 e. The van der Waals surface area contributed by atoms with Gasteiger partial charge in [-0.2, -0.15) is 0 Å². The van der Waals surface area contributed by atoms with Gasteiger partial charge in [-0.15, -0.1) is 0 Å². The molecule has 0 radical (unpaired) electrons. The number of ether oxygens (including phenoxy) is 2. The van der Waals surface area contributed by atoms with Crippen LogP contribution in [-0.2, 0) is 19.1 Å². The van der Waals surface area contributed by atoms with Crippen molar-refractivity contribution >= 4 is 34.5 Å². The van der Waals surface area contributed by atoms with E-state index in [4.69, 9.17) is 25.5 Å². The summed E-state index contributed by atoms with van der Waals surface area (Å²) in [5.74, 6) is -1.40. The second kappa shape index (κ2) is 6.19. The van der Waals surface area contributed by atoms with Crippen LogP contribution >= 0.6 is 11.6 Å². The van der Waals surface area contributed by atoms with Gasteiger partial charge in [0.25, 0.3) is 6.29 Å². The number of carbonyl (C=O) groups excluding carboxylic acids is 2. The third-order valence-corrected chi connectivity index (χ3v) is 3.07. The van der Waals surface area contributed by atoms with Crippen molar-refractivity contribution in [3.05, 3.63) is 44.8 Å². The second-order valence-corrected chi connectivity index (χ2v) is 5.11. The summed E-state index contributed by atoms with van der Waals surface area (Å²) in [6.45, 7) is 4.02. The summed E-state index contributed by atoms with van der Waals surface area (Å²) in [7, 11) is 0. The molecule has 116 valence electrons. The Hall–Kier alpha value is -2.34.